The summed E-state index contributed by atoms with van der Waals surface area (Å²) >= 11 is 0. The van der Waals surface area contributed by atoms with E-state index in [9.17, 15) is 14.4 Å². The van der Waals surface area contributed by atoms with Crippen LogP contribution in [0.4, 0.5) is 5.69 Å². The molecular weight excluding hydrogens is 370 g/mol. The highest BCUT2D eigenvalue weighted by atomic mass is 16.5. The molecule has 3 amide bonds. The van der Waals surface area contributed by atoms with Crippen molar-refractivity contribution in [2.75, 3.05) is 11.4 Å². The third-order valence-corrected chi connectivity index (χ3v) is 6.01. The predicted octanol–water partition coefficient (Wildman–Crippen LogP) is 3.17. The number of carbonyl (C=O) groups is 3. The molecule has 1 aromatic carbocycles. The lowest BCUT2D eigenvalue weighted by Crippen LogP contribution is -2.47. The number of hydroxylamine groups is 1. The minimum Gasteiger partial charge on any atom is -0.340 e. The number of benzene rings is 1. The Bertz CT molecular complexity index is 731. The number of para-hydroxylation sites is 1. The number of unbranched alkanes of at least 4 members (excludes halogenated alkanes) is 2. The lowest BCUT2D eigenvalue weighted by Gasteiger charge is -2.29. The summed E-state index contributed by atoms with van der Waals surface area (Å²) in [5.41, 5.74) is 2.83. The smallest absolute Gasteiger partial charge is 0.254 e. The monoisotopic (exact) mass is 401 g/mol. The van der Waals surface area contributed by atoms with Crippen LogP contribution < -0.4 is 15.7 Å². The molecule has 29 heavy (non-hydrogen) atoms. The average Bonchev–Trinajstić information content (AvgIpc) is 2.84. The maximum absolute atomic E-state index is 13.4. The molecule has 0 bridgehead atoms. The molecule has 1 aromatic rings. The van der Waals surface area contributed by atoms with E-state index in [2.05, 4.69) is 5.32 Å². The number of nitrogens with one attached hydrogen (secondary N) is 2. The number of nitrogens with zero attached hydrogens (tertiary/aromatic N) is 1. The third kappa shape index (κ3) is 5.56. The Morgan fingerprint density at radius 2 is 1.86 bits per heavy atom. The van der Waals surface area contributed by atoms with Gasteiger partial charge in [-0.2, -0.15) is 0 Å². The van der Waals surface area contributed by atoms with Gasteiger partial charge >= 0.3 is 0 Å². The number of rotatable bonds is 8. The summed E-state index contributed by atoms with van der Waals surface area (Å²) < 4.78 is 0. The first-order valence-electron chi connectivity index (χ1n) is 10.7. The quantitative estimate of drug-likeness (QED) is 0.354. The number of amides is 3. The topological polar surface area (TPSA) is 98.7 Å². The molecule has 1 fully saturated rings. The minimum atomic E-state index is -0.488. The minimum absolute atomic E-state index is 0.0398. The first kappa shape index (κ1) is 21.3. The summed E-state index contributed by atoms with van der Waals surface area (Å²) in [6.07, 6.45) is 8.98. The van der Waals surface area contributed by atoms with Crippen LogP contribution in [0.25, 0.3) is 0 Å². The van der Waals surface area contributed by atoms with Crippen molar-refractivity contribution in [1.82, 2.24) is 10.8 Å². The first-order chi connectivity index (χ1) is 14.1. The van der Waals surface area contributed by atoms with Gasteiger partial charge in [0.05, 0.1) is 11.3 Å². The summed E-state index contributed by atoms with van der Waals surface area (Å²) in [5, 5.41) is 11.5. The van der Waals surface area contributed by atoms with E-state index in [1.165, 1.54) is 19.3 Å². The Morgan fingerprint density at radius 3 is 2.62 bits per heavy atom. The Balaban J connectivity index is 1.69. The second kappa shape index (κ2) is 10.4. The van der Waals surface area contributed by atoms with Gasteiger partial charge in [0.15, 0.2) is 0 Å². The Hall–Kier alpha value is -2.41. The Kier molecular flexibility index (Phi) is 7.63. The van der Waals surface area contributed by atoms with Gasteiger partial charge in [0.2, 0.25) is 11.8 Å². The van der Waals surface area contributed by atoms with Crippen molar-refractivity contribution in [2.24, 2.45) is 5.92 Å². The van der Waals surface area contributed by atoms with Crippen LogP contribution in [0.15, 0.2) is 24.3 Å². The maximum Gasteiger partial charge on any atom is 0.254 e. The number of hydrogen-bond acceptors (Lipinski definition) is 4. The SMILES string of the molecule is O=C(CCCCCN1C(=O)[C@@H](CC2CCCCC2)NC(=O)c2ccccc21)NO. The molecule has 7 heteroatoms. The fraction of sp³-hybridized carbons (Fsp3) is 0.591. The van der Waals surface area contributed by atoms with Gasteiger partial charge in [-0.05, 0) is 37.3 Å². The van der Waals surface area contributed by atoms with Gasteiger partial charge in [-0.3, -0.25) is 19.6 Å². The van der Waals surface area contributed by atoms with Gasteiger partial charge in [-0.15, -0.1) is 0 Å². The highest BCUT2D eigenvalue weighted by molar-refractivity contribution is 6.10. The standard InChI is InChI=1S/C22H31N3O4/c26-20(24-29)13-5-2-8-14-25-19-12-7-6-11-17(19)21(27)23-18(22(25)28)15-16-9-3-1-4-10-16/h6-7,11-12,16,18,29H,1-5,8-10,13-15H2,(H,23,27)(H,24,26)/t18-/m1/s1. The summed E-state index contributed by atoms with van der Waals surface area (Å²) in [4.78, 5) is 39.0. The zero-order valence-corrected chi connectivity index (χ0v) is 16.9. The maximum atomic E-state index is 13.4. The van der Waals surface area contributed by atoms with Crippen molar-refractivity contribution < 1.29 is 19.6 Å². The molecule has 3 N–H and O–H groups in total. The first-order valence-corrected chi connectivity index (χ1v) is 10.7. The molecule has 2 aliphatic rings. The molecule has 1 saturated carbocycles. The Labute approximate surface area is 171 Å². The van der Waals surface area contributed by atoms with Crippen molar-refractivity contribution in [3.05, 3.63) is 29.8 Å². The van der Waals surface area contributed by atoms with Crippen molar-refractivity contribution in [3.8, 4) is 0 Å². The Morgan fingerprint density at radius 1 is 1.10 bits per heavy atom. The fourth-order valence-electron chi connectivity index (χ4n) is 4.44. The highest BCUT2D eigenvalue weighted by Crippen LogP contribution is 2.31. The molecule has 1 aliphatic carbocycles. The molecule has 0 unspecified atom stereocenters. The number of carbonyl (C=O) groups excluding carboxylic acids is 3. The van der Waals surface area contributed by atoms with Crippen molar-refractivity contribution in [3.63, 3.8) is 0 Å². The number of anilines is 1. The van der Waals surface area contributed by atoms with E-state index in [-0.39, 0.29) is 18.2 Å². The lowest BCUT2D eigenvalue weighted by atomic mass is 9.84. The highest BCUT2D eigenvalue weighted by Gasteiger charge is 2.34. The largest absolute Gasteiger partial charge is 0.340 e. The summed E-state index contributed by atoms with van der Waals surface area (Å²) in [7, 11) is 0. The lowest BCUT2D eigenvalue weighted by molar-refractivity contribution is -0.129. The average molecular weight is 402 g/mol. The van der Waals surface area contributed by atoms with E-state index in [0.717, 1.165) is 25.7 Å². The second-order valence-corrected chi connectivity index (χ2v) is 8.12. The van der Waals surface area contributed by atoms with Gasteiger partial charge in [-0.25, -0.2) is 5.48 Å². The van der Waals surface area contributed by atoms with Crippen LogP contribution in [0.2, 0.25) is 0 Å². The summed E-state index contributed by atoms with van der Waals surface area (Å²) in [5.74, 6) is -0.138. The molecule has 3 rings (SSSR count). The van der Waals surface area contributed by atoms with Gasteiger partial charge in [0, 0.05) is 13.0 Å². The molecule has 1 aliphatic heterocycles. The summed E-state index contributed by atoms with van der Waals surface area (Å²) in [6, 6.07) is 6.77. The fourth-order valence-corrected chi connectivity index (χ4v) is 4.44. The molecule has 0 spiro atoms. The molecule has 1 heterocycles. The zero-order chi connectivity index (χ0) is 20.6. The third-order valence-electron chi connectivity index (χ3n) is 6.01. The van der Waals surface area contributed by atoms with Crippen LogP contribution in [-0.4, -0.2) is 35.5 Å². The molecule has 1 atom stereocenters. The molecule has 0 radical (unpaired) electrons. The van der Waals surface area contributed by atoms with Crippen molar-refractivity contribution >= 4 is 23.4 Å². The van der Waals surface area contributed by atoms with Crippen LogP contribution in [0.3, 0.4) is 0 Å². The normalized spacial score (nSPS) is 20.0. The van der Waals surface area contributed by atoms with E-state index in [0.29, 0.717) is 36.6 Å². The van der Waals surface area contributed by atoms with Gasteiger partial charge in [-0.1, -0.05) is 50.7 Å². The summed E-state index contributed by atoms with van der Waals surface area (Å²) in [6.45, 7) is 0.507. The zero-order valence-electron chi connectivity index (χ0n) is 16.9. The molecule has 7 nitrogen and oxygen atoms in total. The second-order valence-electron chi connectivity index (χ2n) is 8.12. The van der Waals surface area contributed by atoms with Gasteiger partial charge < -0.3 is 10.2 Å². The van der Waals surface area contributed by atoms with Gasteiger partial charge in [0.25, 0.3) is 5.91 Å². The van der Waals surface area contributed by atoms with E-state index < -0.39 is 11.9 Å². The molecule has 0 aromatic heterocycles. The van der Waals surface area contributed by atoms with E-state index >= 15 is 0 Å². The van der Waals surface area contributed by atoms with Crippen LogP contribution in [0.1, 0.15) is 74.6 Å². The van der Waals surface area contributed by atoms with Crippen LogP contribution >= 0.6 is 0 Å². The van der Waals surface area contributed by atoms with E-state index in [1.54, 1.807) is 16.4 Å². The molecule has 0 saturated heterocycles. The van der Waals surface area contributed by atoms with Crippen molar-refractivity contribution in [2.45, 2.75) is 70.3 Å². The molecule has 158 valence electrons. The van der Waals surface area contributed by atoms with Crippen LogP contribution in [-0.2, 0) is 9.59 Å². The van der Waals surface area contributed by atoms with E-state index in [1.807, 2.05) is 18.2 Å². The predicted molar refractivity (Wildman–Crippen MR) is 110 cm³/mol. The molecular formula is C22H31N3O4. The van der Waals surface area contributed by atoms with Crippen LogP contribution in [0, 0.1) is 5.92 Å². The van der Waals surface area contributed by atoms with Crippen LogP contribution in [0.5, 0.6) is 0 Å². The van der Waals surface area contributed by atoms with Crippen molar-refractivity contribution in [1.29, 1.82) is 0 Å². The number of hydrogen-bond donors (Lipinski definition) is 3. The van der Waals surface area contributed by atoms with E-state index in [4.69, 9.17) is 5.21 Å². The number of fused-ring (bicyclic) bond motifs is 1. The van der Waals surface area contributed by atoms with Gasteiger partial charge in [0.1, 0.15) is 6.04 Å².